The smallest absolute Gasteiger partial charge is 0.255 e. The summed E-state index contributed by atoms with van der Waals surface area (Å²) in [6, 6.07) is 7.12. The molecule has 0 unspecified atom stereocenters. The number of nitrogens with zero attached hydrogens (tertiary/aromatic N) is 2. The maximum Gasteiger partial charge on any atom is 0.255 e. The first-order valence-corrected chi connectivity index (χ1v) is 15.7. The van der Waals surface area contributed by atoms with Gasteiger partial charge in [0.25, 0.3) is 11.8 Å². The Balaban J connectivity index is 1.31. The Kier molecular flexibility index (Phi) is 10.1. The third-order valence-electron chi connectivity index (χ3n) is 8.87. The Labute approximate surface area is 254 Å². The molecule has 3 fully saturated rings. The number of carbonyl (C=O) groups is 3. The van der Waals surface area contributed by atoms with E-state index in [0.29, 0.717) is 34.2 Å². The number of allylic oxidation sites excluding steroid dienone is 2. The lowest BCUT2D eigenvalue weighted by Gasteiger charge is -2.38. The van der Waals surface area contributed by atoms with Crippen molar-refractivity contribution in [3.05, 3.63) is 69.5 Å². The number of benzene rings is 1. The van der Waals surface area contributed by atoms with Crippen LogP contribution in [0.3, 0.4) is 0 Å². The van der Waals surface area contributed by atoms with Crippen molar-refractivity contribution in [1.82, 2.24) is 20.4 Å². The normalized spacial score (nSPS) is 20.8. The van der Waals surface area contributed by atoms with Gasteiger partial charge < -0.3 is 25.2 Å². The van der Waals surface area contributed by atoms with Crippen LogP contribution in [0.4, 0.5) is 0 Å². The molecule has 3 amide bonds. The second-order valence-electron chi connectivity index (χ2n) is 12.0. The van der Waals surface area contributed by atoms with Crippen LogP contribution in [-0.4, -0.2) is 73.0 Å². The molecular formula is C33H43ClN4O4. The second kappa shape index (κ2) is 13.9. The van der Waals surface area contributed by atoms with Gasteiger partial charge in [0.05, 0.1) is 17.5 Å². The predicted octanol–water partition coefficient (Wildman–Crippen LogP) is 4.97. The van der Waals surface area contributed by atoms with E-state index in [1.54, 1.807) is 31.4 Å². The maximum absolute atomic E-state index is 13.4. The summed E-state index contributed by atoms with van der Waals surface area (Å²) in [4.78, 5) is 43.9. The molecule has 1 aromatic rings. The molecule has 0 aromatic heterocycles. The molecule has 1 saturated carbocycles. The number of methoxy groups -OCH3 is 1. The number of likely N-dealkylation sites (tertiary alicyclic amines) is 2. The number of hydrogen-bond acceptors (Lipinski definition) is 5. The van der Waals surface area contributed by atoms with Gasteiger partial charge in [-0.25, -0.2) is 0 Å². The van der Waals surface area contributed by atoms with Crippen LogP contribution in [0.5, 0.6) is 0 Å². The van der Waals surface area contributed by atoms with Crippen LogP contribution in [0.1, 0.15) is 75.1 Å². The van der Waals surface area contributed by atoms with Crippen molar-refractivity contribution in [1.29, 1.82) is 0 Å². The van der Waals surface area contributed by atoms with E-state index < -0.39 is 0 Å². The average molecular weight is 595 g/mol. The number of hydrogen-bond donors (Lipinski definition) is 2. The zero-order valence-corrected chi connectivity index (χ0v) is 25.5. The summed E-state index contributed by atoms with van der Waals surface area (Å²) in [5.74, 6) is 0.207. The summed E-state index contributed by atoms with van der Waals surface area (Å²) >= 11 is 6.18. The Hall–Kier alpha value is -3.10. The minimum atomic E-state index is -0.269. The number of piperidine rings is 2. The topological polar surface area (TPSA) is 91.0 Å². The van der Waals surface area contributed by atoms with Gasteiger partial charge in [-0.15, -0.1) is 0 Å². The average Bonchev–Trinajstić information content (AvgIpc) is 3.80. The van der Waals surface area contributed by atoms with Crippen molar-refractivity contribution in [2.75, 3.05) is 33.3 Å². The van der Waals surface area contributed by atoms with Crippen molar-refractivity contribution in [3.8, 4) is 0 Å². The monoisotopic (exact) mass is 594 g/mol. The highest BCUT2D eigenvalue weighted by molar-refractivity contribution is 6.31. The third-order valence-corrected chi connectivity index (χ3v) is 9.11. The van der Waals surface area contributed by atoms with Gasteiger partial charge in [-0.05, 0) is 94.1 Å². The van der Waals surface area contributed by atoms with Crippen molar-refractivity contribution in [2.45, 2.75) is 76.9 Å². The first kappa shape index (κ1) is 30.4. The number of halogens is 1. The molecule has 2 aliphatic heterocycles. The Bertz CT molecular complexity index is 1270. The maximum atomic E-state index is 13.4. The van der Waals surface area contributed by atoms with Crippen molar-refractivity contribution >= 4 is 29.3 Å². The van der Waals surface area contributed by atoms with Gasteiger partial charge in [0.1, 0.15) is 0 Å². The van der Waals surface area contributed by atoms with Gasteiger partial charge in [-0.3, -0.25) is 14.4 Å². The van der Waals surface area contributed by atoms with Gasteiger partial charge in [0, 0.05) is 61.9 Å². The SMILES string of the molecule is COC1CCN(C(=O)CC2CCN(C3=C(C)CCC=C(C(=O)NC4CC4)C=C3NC(=O)c3cccc(Cl)c3)CC2)CC1. The van der Waals surface area contributed by atoms with Gasteiger partial charge in [0.15, 0.2) is 0 Å². The van der Waals surface area contributed by atoms with E-state index in [4.69, 9.17) is 16.3 Å². The Morgan fingerprint density at radius 1 is 1.00 bits per heavy atom. The largest absolute Gasteiger partial charge is 0.381 e. The summed E-state index contributed by atoms with van der Waals surface area (Å²) in [6.45, 7) is 5.22. The fraction of sp³-hybridized carbons (Fsp3) is 0.545. The van der Waals surface area contributed by atoms with E-state index >= 15 is 0 Å². The number of carbonyl (C=O) groups excluding carboxylic acids is 3. The number of ether oxygens (including phenoxy) is 1. The second-order valence-corrected chi connectivity index (χ2v) is 12.5. The minimum absolute atomic E-state index is 0.0994. The fourth-order valence-electron chi connectivity index (χ4n) is 6.17. The molecule has 2 saturated heterocycles. The molecule has 0 spiro atoms. The number of nitrogens with one attached hydrogen (secondary N) is 2. The van der Waals surface area contributed by atoms with Crippen molar-refractivity contribution in [3.63, 3.8) is 0 Å². The molecular weight excluding hydrogens is 552 g/mol. The van der Waals surface area contributed by atoms with Crippen LogP contribution in [0, 0.1) is 5.92 Å². The lowest BCUT2D eigenvalue weighted by molar-refractivity contribution is -0.134. The fourth-order valence-corrected chi connectivity index (χ4v) is 6.36. The summed E-state index contributed by atoms with van der Waals surface area (Å²) in [6.07, 6.45) is 11.8. The van der Waals surface area contributed by atoms with E-state index in [2.05, 4.69) is 22.5 Å². The molecule has 1 aromatic carbocycles. The van der Waals surface area contributed by atoms with Crippen molar-refractivity contribution < 1.29 is 19.1 Å². The highest BCUT2D eigenvalue weighted by Crippen LogP contribution is 2.32. The molecule has 2 N–H and O–H groups in total. The number of rotatable bonds is 8. The molecule has 2 heterocycles. The van der Waals surface area contributed by atoms with Crippen molar-refractivity contribution in [2.24, 2.45) is 5.92 Å². The molecule has 8 nitrogen and oxygen atoms in total. The zero-order chi connectivity index (χ0) is 29.6. The first-order chi connectivity index (χ1) is 20.3. The molecule has 2 aliphatic carbocycles. The van der Waals surface area contributed by atoms with Crippen LogP contribution in [0.15, 0.2) is 59.0 Å². The highest BCUT2D eigenvalue weighted by atomic mass is 35.5. The lowest BCUT2D eigenvalue weighted by Crippen LogP contribution is -2.42. The minimum Gasteiger partial charge on any atom is -0.381 e. The Morgan fingerprint density at radius 3 is 2.40 bits per heavy atom. The molecule has 42 heavy (non-hydrogen) atoms. The van der Waals surface area contributed by atoms with Gasteiger partial charge in [0.2, 0.25) is 5.91 Å². The molecule has 0 bridgehead atoms. The van der Waals surface area contributed by atoms with E-state index in [-0.39, 0.29) is 29.9 Å². The van der Waals surface area contributed by atoms with E-state index in [0.717, 1.165) is 83.2 Å². The summed E-state index contributed by atoms with van der Waals surface area (Å²) in [5, 5.41) is 6.71. The molecule has 226 valence electrons. The van der Waals surface area contributed by atoms with Gasteiger partial charge >= 0.3 is 0 Å². The van der Waals surface area contributed by atoms with Gasteiger partial charge in [-0.2, -0.15) is 0 Å². The number of amides is 3. The van der Waals surface area contributed by atoms with Gasteiger partial charge in [-0.1, -0.05) is 23.7 Å². The lowest BCUT2D eigenvalue weighted by atomic mass is 9.91. The van der Waals surface area contributed by atoms with Crippen LogP contribution in [0.2, 0.25) is 5.02 Å². The summed E-state index contributed by atoms with van der Waals surface area (Å²) in [5.41, 5.74) is 3.81. The Morgan fingerprint density at radius 2 is 1.74 bits per heavy atom. The summed E-state index contributed by atoms with van der Waals surface area (Å²) < 4.78 is 5.46. The van der Waals surface area contributed by atoms with Crippen LogP contribution < -0.4 is 10.6 Å². The first-order valence-electron chi connectivity index (χ1n) is 15.4. The van der Waals surface area contributed by atoms with Crippen LogP contribution >= 0.6 is 11.6 Å². The van der Waals surface area contributed by atoms with E-state index in [9.17, 15) is 14.4 Å². The van der Waals surface area contributed by atoms with Crippen LogP contribution in [0.25, 0.3) is 0 Å². The highest BCUT2D eigenvalue weighted by Gasteiger charge is 2.30. The molecule has 9 heteroatoms. The predicted molar refractivity (Wildman–Crippen MR) is 164 cm³/mol. The third kappa shape index (κ3) is 7.84. The molecule has 4 aliphatic rings. The van der Waals surface area contributed by atoms with Crippen LogP contribution in [-0.2, 0) is 14.3 Å². The van der Waals surface area contributed by atoms with E-state index in [1.165, 1.54) is 5.57 Å². The summed E-state index contributed by atoms with van der Waals surface area (Å²) in [7, 11) is 1.74. The van der Waals surface area contributed by atoms with E-state index in [1.807, 2.05) is 17.1 Å². The quantitative estimate of drug-likeness (QED) is 0.444. The zero-order valence-electron chi connectivity index (χ0n) is 24.8. The molecule has 5 rings (SSSR count). The standard InChI is InChI=1S/C33H43ClN4O4/c1-22-5-3-6-25(32(40)35-27-9-10-27)21-29(36-33(41)24-7-4-8-26(34)20-24)31(22)38-15-11-23(12-16-38)19-30(39)37-17-13-28(42-2)14-18-37/h4,6-8,20-21,23,27-28H,3,5,9-19H2,1-2H3,(H,35,40)(H,36,41). The molecule has 0 radical (unpaired) electrons. The molecule has 0 atom stereocenters.